The highest BCUT2D eigenvalue weighted by Crippen LogP contribution is 2.30. The van der Waals surface area contributed by atoms with Gasteiger partial charge in [-0.2, -0.15) is 23.0 Å². The fraction of sp³-hybridized carbons (Fsp3) is 0.111. The predicted molar refractivity (Wildman–Crippen MR) is 51.1 cm³/mol. The first-order chi connectivity index (χ1) is 8.39. The summed E-state index contributed by atoms with van der Waals surface area (Å²) < 4.78 is 38.5. The smallest absolute Gasteiger partial charge is 0.433 e. The molecule has 0 atom stereocenters. The molecule has 0 fully saturated rings. The maximum atomic E-state index is 12.7. The van der Waals surface area contributed by atoms with E-state index < -0.39 is 23.5 Å². The zero-order valence-corrected chi connectivity index (χ0v) is 8.59. The number of carboxylic acids is 1. The first-order valence-electron chi connectivity index (χ1n) is 4.57. The molecule has 0 aliphatic rings. The summed E-state index contributed by atoms with van der Waals surface area (Å²) in [6.07, 6.45) is -2.30. The zero-order valence-electron chi connectivity index (χ0n) is 8.59. The number of hydrogen-bond acceptors (Lipinski definition) is 4. The van der Waals surface area contributed by atoms with Crippen LogP contribution in [-0.2, 0) is 6.18 Å². The molecule has 6 nitrogen and oxygen atoms in total. The van der Waals surface area contributed by atoms with Gasteiger partial charge in [-0.25, -0.2) is 14.8 Å². The van der Waals surface area contributed by atoms with Gasteiger partial charge in [-0.15, -0.1) is 0 Å². The number of halogens is 3. The minimum atomic E-state index is -4.75. The Labute approximate surface area is 97.7 Å². The molecule has 0 saturated carbocycles. The summed E-state index contributed by atoms with van der Waals surface area (Å²) in [5.74, 6) is -1.91. The summed E-state index contributed by atoms with van der Waals surface area (Å²) in [7, 11) is 0. The molecule has 2 rings (SSSR count). The van der Waals surface area contributed by atoms with Gasteiger partial charge in [0, 0.05) is 18.5 Å². The van der Waals surface area contributed by atoms with E-state index in [0.717, 1.165) is 0 Å². The monoisotopic (exact) mass is 258 g/mol. The van der Waals surface area contributed by atoms with Crippen LogP contribution in [0.2, 0.25) is 0 Å². The zero-order chi connectivity index (χ0) is 13.3. The lowest BCUT2D eigenvalue weighted by atomic mass is 10.3. The molecular weight excluding hydrogens is 253 g/mol. The van der Waals surface area contributed by atoms with E-state index >= 15 is 0 Å². The molecule has 0 aliphatic heterocycles. The molecule has 0 radical (unpaired) electrons. The third-order valence-electron chi connectivity index (χ3n) is 1.96. The standard InChI is InChI=1S/C9H5F3N4O2/c10-9(11,12)6-4-5(7(17)18)15-16(6)8-13-2-1-3-14-8/h1-4H,(H,17,18). The minimum absolute atomic E-state index is 0.350. The first-order valence-corrected chi connectivity index (χ1v) is 4.57. The van der Waals surface area contributed by atoms with Gasteiger partial charge < -0.3 is 5.11 Å². The number of carboxylic acid groups (broad SMARTS) is 1. The van der Waals surface area contributed by atoms with Gasteiger partial charge in [0.1, 0.15) is 0 Å². The third-order valence-corrected chi connectivity index (χ3v) is 1.96. The molecule has 0 bridgehead atoms. The molecule has 0 amide bonds. The maximum Gasteiger partial charge on any atom is 0.433 e. The number of aromatic nitrogens is 4. The van der Waals surface area contributed by atoms with Crippen LogP contribution in [0.25, 0.3) is 5.95 Å². The lowest BCUT2D eigenvalue weighted by Gasteiger charge is -2.07. The lowest BCUT2D eigenvalue weighted by Crippen LogP contribution is -2.15. The van der Waals surface area contributed by atoms with Crippen molar-refractivity contribution >= 4 is 5.97 Å². The number of hydrogen-bond donors (Lipinski definition) is 1. The van der Waals surface area contributed by atoms with Gasteiger partial charge in [0.25, 0.3) is 5.95 Å². The molecule has 18 heavy (non-hydrogen) atoms. The van der Waals surface area contributed by atoms with Crippen molar-refractivity contribution in [3.05, 3.63) is 35.9 Å². The van der Waals surface area contributed by atoms with Crippen LogP contribution in [0.3, 0.4) is 0 Å². The molecule has 2 heterocycles. The third kappa shape index (κ3) is 2.14. The predicted octanol–water partition coefficient (Wildman–Crippen LogP) is 1.38. The van der Waals surface area contributed by atoms with Gasteiger partial charge in [0.05, 0.1) is 0 Å². The second kappa shape index (κ2) is 4.09. The molecule has 1 N–H and O–H groups in total. The largest absolute Gasteiger partial charge is 0.476 e. The first kappa shape index (κ1) is 12.0. The van der Waals surface area contributed by atoms with Crippen molar-refractivity contribution in [1.29, 1.82) is 0 Å². The van der Waals surface area contributed by atoms with E-state index in [1.54, 1.807) is 0 Å². The Morgan fingerprint density at radius 2 is 1.89 bits per heavy atom. The number of carbonyl (C=O) groups is 1. The van der Waals surface area contributed by atoms with E-state index in [1.807, 2.05) is 0 Å². The van der Waals surface area contributed by atoms with E-state index in [-0.39, 0.29) is 5.95 Å². The van der Waals surface area contributed by atoms with Crippen LogP contribution in [0.15, 0.2) is 24.5 Å². The summed E-state index contributed by atoms with van der Waals surface area (Å²) in [5, 5.41) is 12.0. The Morgan fingerprint density at radius 1 is 1.28 bits per heavy atom. The van der Waals surface area contributed by atoms with Crippen LogP contribution >= 0.6 is 0 Å². The highest BCUT2D eigenvalue weighted by molar-refractivity contribution is 5.85. The molecule has 0 aliphatic carbocycles. The molecule has 9 heteroatoms. The molecule has 0 spiro atoms. The average Bonchev–Trinajstić information content (AvgIpc) is 2.74. The fourth-order valence-corrected chi connectivity index (χ4v) is 1.24. The van der Waals surface area contributed by atoms with E-state index in [0.29, 0.717) is 10.7 Å². The van der Waals surface area contributed by atoms with Crippen LogP contribution in [0, 0.1) is 0 Å². The molecule has 94 valence electrons. The molecule has 0 saturated heterocycles. The highest BCUT2D eigenvalue weighted by Gasteiger charge is 2.37. The lowest BCUT2D eigenvalue weighted by molar-refractivity contribution is -0.142. The van der Waals surface area contributed by atoms with Crippen LogP contribution < -0.4 is 0 Å². The van der Waals surface area contributed by atoms with Crippen molar-refractivity contribution in [2.45, 2.75) is 6.18 Å². The van der Waals surface area contributed by atoms with Gasteiger partial charge in [-0.05, 0) is 6.07 Å². The van der Waals surface area contributed by atoms with Crippen LogP contribution in [0.1, 0.15) is 16.2 Å². The van der Waals surface area contributed by atoms with Crippen LogP contribution in [-0.4, -0.2) is 30.8 Å². The van der Waals surface area contributed by atoms with Gasteiger partial charge >= 0.3 is 12.1 Å². The Hall–Kier alpha value is -2.45. The number of aromatic carboxylic acids is 1. The SMILES string of the molecule is O=C(O)c1cc(C(F)(F)F)n(-c2ncccn2)n1. The van der Waals surface area contributed by atoms with Gasteiger partial charge in [-0.3, -0.25) is 0 Å². The van der Waals surface area contributed by atoms with Crippen molar-refractivity contribution in [3.63, 3.8) is 0 Å². The topological polar surface area (TPSA) is 80.9 Å². The molecule has 2 aromatic rings. The second-order valence-electron chi connectivity index (χ2n) is 3.18. The Morgan fingerprint density at radius 3 is 2.39 bits per heavy atom. The normalized spacial score (nSPS) is 11.5. The average molecular weight is 258 g/mol. The van der Waals surface area contributed by atoms with Crippen molar-refractivity contribution in [3.8, 4) is 5.95 Å². The second-order valence-corrected chi connectivity index (χ2v) is 3.18. The van der Waals surface area contributed by atoms with E-state index in [1.165, 1.54) is 18.5 Å². The van der Waals surface area contributed by atoms with Crippen LogP contribution in [0.4, 0.5) is 13.2 Å². The van der Waals surface area contributed by atoms with E-state index in [2.05, 4.69) is 15.1 Å². The number of alkyl halides is 3. The summed E-state index contributed by atoms with van der Waals surface area (Å²) in [4.78, 5) is 17.8. The summed E-state index contributed by atoms with van der Waals surface area (Å²) in [5.41, 5.74) is -1.97. The van der Waals surface area contributed by atoms with Crippen molar-refractivity contribution < 1.29 is 23.1 Å². The Bertz CT molecular complexity index is 579. The van der Waals surface area contributed by atoms with Crippen molar-refractivity contribution in [1.82, 2.24) is 19.7 Å². The molecule has 0 aromatic carbocycles. The highest BCUT2D eigenvalue weighted by atomic mass is 19.4. The quantitative estimate of drug-likeness (QED) is 0.880. The Balaban J connectivity index is 2.62. The van der Waals surface area contributed by atoms with Crippen LogP contribution in [0.5, 0.6) is 0 Å². The minimum Gasteiger partial charge on any atom is -0.476 e. The molecule has 2 aromatic heterocycles. The van der Waals surface area contributed by atoms with E-state index in [4.69, 9.17) is 5.11 Å². The van der Waals surface area contributed by atoms with E-state index in [9.17, 15) is 18.0 Å². The van der Waals surface area contributed by atoms with Gasteiger partial charge in [-0.1, -0.05) is 0 Å². The fourth-order valence-electron chi connectivity index (χ4n) is 1.24. The summed E-state index contributed by atoms with van der Waals surface area (Å²) in [6.45, 7) is 0. The molecule has 0 unspecified atom stereocenters. The summed E-state index contributed by atoms with van der Waals surface area (Å²) >= 11 is 0. The summed E-state index contributed by atoms with van der Waals surface area (Å²) in [6, 6.07) is 1.84. The van der Waals surface area contributed by atoms with Crippen molar-refractivity contribution in [2.75, 3.05) is 0 Å². The number of nitrogens with zero attached hydrogens (tertiary/aromatic N) is 4. The van der Waals surface area contributed by atoms with Gasteiger partial charge in [0.2, 0.25) is 0 Å². The maximum absolute atomic E-state index is 12.7. The Kier molecular flexibility index (Phi) is 2.73. The van der Waals surface area contributed by atoms with Gasteiger partial charge in [0.15, 0.2) is 11.4 Å². The molecular formula is C9H5F3N4O2. The number of rotatable bonds is 2. The van der Waals surface area contributed by atoms with Crippen molar-refractivity contribution in [2.24, 2.45) is 0 Å².